The van der Waals surface area contributed by atoms with Gasteiger partial charge in [-0.05, 0) is 25.3 Å². The van der Waals surface area contributed by atoms with Crippen LogP contribution in [-0.4, -0.2) is 18.1 Å². The van der Waals surface area contributed by atoms with Gasteiger partial charge in [0.25, 0.3) is 5.91 Å². The first-order chi connectivity index (χ1) is 6.55. The SMILES string of the molecule is CC(C)(CON)NC(=O)c1cccs1. The van der Waals surface area contributed by atoms with Crippen molar-refractivity contribution in [2.45, 2.75) is 19.4 Å². The average Bonchev–Trinajstić information content (AvgIpc) is 2.53. The van der Waals surface area contributed by atoms with E-state index in [0.717, 1.165) is 0 Å². The third-order valence-corrected chi connectivity index (χ3v) is 2.51. The standard InChI is InChI=1S/C9H14N2O2S/c1-9(2,6-13-10)11-8(12)7-4-3-5-14-7/h3-5H,6,10H2,1-2H3,(H,11,12). The first-order valence-electron chi connectivity index (χ1n) is 4.23. The number of thiophene rings is 1. The molecule has 4 nitrogen and oxygen atoms in total. The Bertz CT molecular complexity index is 296. The molecule has 0 spiro atoms. The van der Waals surface area contributed by atoms with E-state index in [9.17, 15) is 4.79 Å². The molecule has 0 saturated heterocycles. The van der Waals surface area contributed by atoms with Crippen LogP contribution in [0.2, 0.25) is 0 Å². The van der Waals surface area contributed by atoms with Crippen molar-refractivity contribution in [1.82, 2.24) is 5.32 Å². The summed E-state index contributed by atoms with van der Waals surface area (Å²) < 4.78 is 0. The number of hydrogen-bond acceptors (Lipinski definition) is 4. The number of amides is 1. The summed E-state index contributed by atoms with van der Waals surface area (Å²) in [4.78, 5) is 16.8. The number of carbonyl (C=O) groups is 1. The maximum atomic E-state index is 11.6. The van der Waals surface area contributed by atoms with Gasteiger partial charge in [0.2, 0.25) is 0 Å². The molecule has 0 aliphatic carbocycles. The predicted molar refractivity (Wildman–Crippen MR) is 56.0 cm³/mol. The lowest BCUT2D eigenvalue weighted by Crippen LogP contribution is -2.47. The normalized spacial score (nSPS) is 11.4. The Hall–Kier alpha value is -0.910. The average molecular weight is 214 g/mol. The summed E-state index contributed by atoms with van der Waals surface area (Å²) in [5, 5.41) is 4.69. The highest BCUT2D eigenvalue weighted by molar-refractivity contribution is 7.12. The molecular formula is C9H14N2O2S. The molecule has 0 aliphatic rings. The maximum Gasteiger partial charge on any atom is 0.261 e. The summed E-state index contributed by atoms with van der Waals surface area (Å²) in [6, 6.07) is 3.62. The van der Waals surface area contributed by atoms with Crippen LogP contribution >= 0.6 is 11.3 Å². The molecule has 5 heteroatoms. The van der Waals surface area contributed by atoms with Gasteiger partial charge in [-0.25, -0.2) is 5.90 Å². The monoisotopic (exact) mass is 214 g/mol. The van der Waals surface area contributed by atoms with Gasteiger partial charge in [0, 0.05) is 0 Å². The second-order valence-corrected chi connectivity index (χ2v) is 4.57. The van der Waals surface area contributed by atoms with Crippen molar-refractivity contribution in [3.63, 3.8) is 0 Å². The van der Waals surface area contributed by atoms with Crippen molar-refractivity contribution in [2.24, 2.45) is 5.90 Å². The molecular weight excluding hydrogens is 200 g/mol. The van der Waals surface area contributed by atoms with E-state index in [1.165, 1.54) is 11.3 Å². The van der Waals surface area contributed by atoms with E-state index in [4.69, 9.17) is 5.90 Å². The summed E-state index contributed by atoms with van der Waals surface area (Å²) in [5.41, 5.74) is -0.449. The number of nitrogens with two attached hydrogens (primary N) is 1. The Kier molecular flexibility index (Phi) is 3.62. The van der Waals surface area contributed by atoms with E-state index < -0.39 is 5.54 Å². The quantitative estimate of drug-likeness (QED) is 0.739. The van der Waals surface area contributed by atoms with E-state index in [1.807, 2.05) is 25.3 Å². The zero-order chi connectivity index (χ0) is 10.6. The zero-order valence-corrected chi connectivity index (χ0v) is 9.06. The molecule has 0 atom stereocenters. The maximum absolute atomic E-state index is 11.6. The molecule has 0 bridgehead atoms. The molecule has 78 valence electrons. The van der Waals surface area contributed by atoms with Gasteiger partial charge in [0.15, 0.2) is 0 Å². The van der Waals surface area contributed by atoms with Gasteiger partial charge in [-0.1, -0.05) is 6.07 Å². The molecule has 1 amide bonds. The van der Waals surface area contributed by atoms with Crippen molar-refractivity contribution in [3.8, 4) is 0 Å². The van der Waals surface area contributed by atoms with Crippen LogP contribution < -0.4 is 11.2 Å². The topological polar surface area (TPSA) is 64.3 Å². The van der Waals surface area contributed by atoms with Gasteiger partial charge >= 0.3 is 0 Å². The zero-order valence-electron chi connectivity index (χ0n) is 8.24. The fraction of sp³-hybridized carbons (Fsp3) is 0.444. The Balaban J connectivity index is 2.57. The van der Waals surface area contributed by atoms with Crippen LogP contribution in [-0.2, 0) is 4.84 Å². The van der Waals surface area contributed by atoms with E-state index in [2.05, 4.69) is 10.2 Å². The first-order valence-corrected chi connectivity index (χ1v) is 5.11. The molecule has 0 aromatic carbocycles. The van der Waals surface area contributed by atoms with Crippen LogP contribution in [0.3, 0.4) is 0 Å². The van der Waals surface area contributed by atoms with Crippen molar-refractivity contribution in [1.29, 1.82) is 0 Å². The fourth-order valence-electron chi connectivity index (χ4n) is 1.02. The summed E-state index contributed by atoms with van der Waals surface area (Å²) in [6.45, 7) is 3.99. The van der Waals surface area contributed by atoms with Crippen molar-refractivity contribution in [3.05, 3.63) is 22.4 Å². The van der Waals surface area contributed by atoms with Crippen LogP contribution in [0.15, 0.2) is 17.5 Å². The molecule has 1 heterocycles. The second-order valence-electron chi connectivity index (χ2n) is 3.63. The van der Waals surface area contributed by atoms with E-state index >= 15 is 0 Å². The lowest BCUT2D eigenvalue weighted by Gasteiger charge is -2.24. The van der Waals surface area contributed by atoms with Gasteiger partial charge in [-0.2, -0.15) is 0 Å². The van der Waals surface area contributed by atoms with E-state index in [1.54, 1.807) is 6.07 Å². The minimum Gasteiger partial charge on any atom is -0.344 e. The Morgan fingerprint density at radius 1 is 1.71 bits per heavy atom. The number of rotatable bonds is 4. The summed E-state index contributed by atoms with van der Waals surface area (Å²) in [5.74, 6) is 4.87. The smallest absolute Gasteiger partial charge is 0.261 e. The van der Waals surface area contributed by atoms with Crippen LogP contribution in [0.25, 0.3) is 0 Å². The predicted octanol–water partition coefficient (Wildman–Crippen LogP) is 1.15. The van der Waals surface area contributed by atoms with Gasteiger partial charge in [-0.15, -0.1) is 11.3 Å². The molecule has 1 rings (SSSR count). The third kappa shape index (κ3) is 3.10. The fourth-order valence-corrected chi connectivity index (χ4v) is 1.64. The van der Waals surface area contributed by atoms with Gasteiger partial charge in [0.05, 0.1) is 17.0 Å². The highest BCUT2D eigenvalue weighted by atomic mass is 32.1. The molecule has 0 saturated carbocycles. The number of carbonyl (C=O) groups excluding carboxylic acids is 1. The second kappa shape index (κ2) is 4.54. The van der Waals surface area contributed by atoms with Gasteiger partial charge < -0.3 is 10.2 Å². The highest BCUT2D eigenvalue weighted by Crippen LogP contribution is 2.10. The van der Waals surface area contributed by atoms with Crippen LogP contribution in [0.5, 0.6) is 0 Å². The largest absolute Gasteiger partial charge is 0.344 e. The lowest BCUT2D eigenvalue weighted by molar-refractivity contribution is 0.0690. The molecule has 1 aromatic rings. The Morgan fingerprint density at radius 3 is 2.93 bits per heavy atom. The minimum atomic E-state index is -0.449. The minimum absolute atomic E-state index is 0.0953. The van der Waals surface area contributed by atoms with Crippen LogP contribution in [0.1, 0.15) is 23.5 Å². The molecule has 0 fully saturated rings. The molecule has 0 radical (unpaired) electrons. The summed E-state index contributed by atoms with van der Waals surface area (Å²) >= 11 is 1.41. The van der Waals surface area contributed by atoms with Crippen LogP contribution in [0.4, 0.5) is 0 Å². The molecule has 3 N–H and O–H groups in total. The summed E-state index contributed by atoms with van der Waals surface area (Å²) in [6.07, 6.45) is 0. The lowest BCUT2D eigenvalue weighted by atomic mass is 10.1. The Labute approximate surface area is 87.0 Å². The number of hydrogen-bond donors (Lipinski definition) is 2. The van der Waals surface area contributed by atoms with Crippen molar-refractivity contribution in [2.75, 3.05) is 6.61 Å². The highest BCUT2D eigenvalue weighted by Gasteiger charge is 2.21. The first kappa shape index (κ1) is 11.2. The van der Waals surface area contributed by atoms with Crippen molar-refractivity contribution >= 4 is 17.2 Å². The number of nitrogens with one attached hydrogen (secondary N) is 1. The molecule has 0 aliphatic heterocycles. The third-order valence-electron chi connectivity index (χ3n) is 1.64. The molecule has 14 heavy (non-hydrogen) atoms. The van der Waals surface area contributed by atoms with Gasteiger partial charge in [-0.3, -0.25) is 4.79 Å². The van der Waals surface area contributed by atoms with E-state index in [0.29, 0.717) is 4.88 Å². The summed E-state index contributed by atoms with van der Waals surface area (Å²) in [7, 11) is 0. The Morgan fingerprint density at radius 2 is 2.43 bits per heavy atom. The van der Waals surface area contributed by atoms with Crippen LogP contribution in [0, 0.1) is 0 Å². The van der Waals surface area contributed by atoms with Gasteiger partial charge in [0.1, 0.15) is 0 Å². The van der Waals surface area contributed by atoms with Crippen molar-refractivity contribution < 1.29 is 9.63 Å². The molecule has 1 aromatic heterocycles. The molecule has 0 unspecified atom stereocenters. The van der Waals surface area contributed by atoms with E-state index in [-0.39, 0.29) is 12.5 Å².